The van der Waals surface area contributed by atoms with Crippen molar-refractivity contribution in [3.8, 4) is 0 Å². The van der Waals surface area contributed by atoms with Crippen LogP contribution in [0.3, 0.4) is 0 Å². The van der Waals surface area contributed by atoms with E-state index in [0.29, 0.717) is 18.8 Å². The van der Waals surface area contributed by atoms with E-state index in [2.05, 4.69) is 9.71 Å². The Kier molecular flexibility index (Phi) is 4.31. The Morgan fingerprint density at radius 2 is 2.30 bits per heavy atom. The molecule has 1 aromatic rings. The maximum atomic E-state index is 12.1. The first-order chi connectivity index (χ1) is 9.32. The number of nitrogens with one attached hydrogen (secondary N) is 2. The fourth-order valence-electron chi connectivity index (χ4n) is 2.71. The lowest BCUT2D eigenvalue weighted by Gasteiger charge is -2.35. The van der Waals surface area contributed by atoms with Crippen molar-refractivity contribution in [2.75, 3.05) is 6.54 Å². The second-order valence-electron chi connectivity index (χ2n) is 5.62. The van der Waals surface area contributed by atoms with Crippen LogP contribution in [0.2, 0.25) is 0 Å². The summed E-state index contributed by atoms with van der Waals surface area (Å²) >= 11 is 0. The molecule has 3 N–H and O–H groups in total. The van der Waals surface area contributed by atoms with Crippen LogP contribution >= 0.6 is 0 Å². The van der Waals surface area contributed by atoms with Crippen LogP contribution in [0.15, 0.2) is 28.2 Å². The van der Waals surface area contributed by atoms with Gasteiger partial charge in [0.25, 0.3) is 0 Å². The smallest absolute Gasteiger partial charge is 0.246 e. The van der Waals surface area contributed by atoms with Gasteiger partial charge < -0.3 is 10.1 Å². The van der Waals surface area contributed by atoms with Crippen molar-refractivity contribution in [1.82, 2.24) is 9.71 Å². The lowest BCUT2D eigenvalue weighted by Crippen LogP contribution is -2.46. The molecule has 2 rings (SSSR count). The highest BCUT2D eigenvalue weighted by atomic mass is 32.2. The Balaban J connectivity index is 2.10. The van der Waals surface area contributed by atoms with E-state index in [1.807, 2.05) is 6.92 Å². The molecule has 1 aliphatic carbocycles. The zero-order chi connectivity index (χ0) is 14.8. The SMILES string of the molecule is CC1CCCC(O)(CNS(=O)(=O)c2c[nH]ccc2=O)C1. The number of aliphatic hydroxyl groups is 1. The van der Waals surface area contributed by atoms with Crippen molar-refractivity contribution in [3.63, 3.8) is 0 Å². The van der Waals surface area contributed by atoms with Gasteiger partial charge in [0, 0.05) is 25.0 Å². The largest absolute Gasteiger partial charge is 0.389 e. The van der Waals surface area contributed by atoms with E-state index < -0.39 is 21.1 Å². The first-order valence-electron chi connectivity index (χ1n) is 6.72. The number of pyridine rings is 1. The molecular weight excluding hydrogens is 280 g/mol. The van der Waals surface area contributed by atoms with Gasteiger partial charge in [-0.3, -0.25) is 4.79 Å². The molecule has 2 atom stereocenters. The molecule has 1 saturated carbocycles. The Labute approximate surface area is 118 Å². The molecule has 0 radical (unpaired) electrons. The van der Waals surface area contributed by atoms with Crippen LogP contribution in [0.1, 0.15) is 32.6 Å². The molecular formula is C13H20N2O4S. The number of hydrogen-bond acceptors (Lipinski definition) is 4. The van der Waals surface area contributed by atoms with Crippen LogP contribution < -0.4 is 10.2 Å². The molecule has 0 saturated heterocycles. The van der Waals surface area contributed by atoms with Crippen molar-refractivity contribution in [2.45, 2.75) is 43.1 Å². The van der Waals surface area contributed by atoms with Gasteiger partial charge in [0.2, 0.25) is 15.5 Å². The van der Waals surface area contributed by atoms with E-state index in [4.69, 9.17) is 0 Å². The lowest BCUT2D eigenvalue weighted by atomic mass is 9.79. The third kappa shape index (κ3) is 3.47. The van der Waals surface area contributed by atoms with E-state index in [1.165, 1.54) is 6.20 Å². The van der Waals surface area contributed by atoms with Crippen LogP contribution in [0, 0.1) is 5.92 Å². The first kappa shape index (κ1) is 15.2. The Bertz CT molecular complexity index is 625. The summed E-state index contributed by atoms with van der Waals surface area (Å²) in [6.45, 7) is 1.98. The average Bonchev–Trinajstić information content (AvgIpc) is 2.37. The Morgan fingerprint density at radius 3 is 2.95 bits per heavy atom. The predicted molar refractivity (Wildman–Crippen MR) is 74.8 cm³/mol. The molecule has 1 fully saturated rings. The molecule has 20 heavy (non-hydrogen) atoms. The summed E-state index contributed by atoms with van der Waals surface area (Å²) in [7, 11) is -3.90. The summed E-state index contributed by atoms with van der Waals surface area (Å²) in [5.74, 6) is 0.374. The minimum atomic E-state index is -3.90. The second kappa shape index (κ2) is 5.67. The van der Waals surface area contributed by atoms with Crippen molar-refractivity contribution < 1.29 is 13.5 Å². The molecule has 0 aliphatic heterocycles. The summed E-state index contributed by atoms with van der Waals surface area (Å²) in [5.41, 5.74) is -1.59. The topological polar surface area (TPSA) is 99.3 Å². The van der Waals surface area contributed by atoms with Gasteiger partial charge in [0.05, 0.1) is 5.60 Å². The highest BCUT2D eigenvalue weighted by Crippen LogP contribution is 2.31. The second-order valence-corrected chi connectivity index (χ2v) is 7.36. The summed E-state index contributed by atoms with van der Waals surface area (Å²) in [4.78, 5) is 13.8. The molecule has 112 valence electrons. The van der Waals surface area contributed by atoms with Crippen molar-refractivity contribution in [2.24, 2.45) is 5.92 Å². The summed E-state index contributed by atoms with van der Waals surface area (Å²) in [6.07, 6.45) is 5.60. The molecule has 2 unspecified atom stereocenters. The zero-order valence-electron chi connectivity index (χ0n) is 11.4. The van der Waals surface area contributed by atoms with E-state index in [0.717, 1.165) is 25.1 Å². The molecule has 0 bridgehead atoms. The number of aromatic nitrogens is 1. The average molecular weight is 300 g/mol. The molecule has 6 nitrogen and oxygen atoms in total. The van der Waals surface area contributed by atoms with E-state index in [9.17, 15) is 18.3 Å². The number of aromatic amines is 1. The van der Waals surface area contributed by atoms with Crippen molar-refractivity contribution in [1.29, 1.82) is 0 Å². The standard InChI is InChI=1S/C13H20N2O4S/c1-10-3-2-5-13(17,7-10)9-15-20(18,19)12-8-14-6-4-11(12)16/h4,6,8,10,15,17H,2-3,5,7,9H2,1H3,(H,14,16). The molecule has 1 heterocycles. The number of hydrogen-bond donors (Lipinski definition) is 3. The fraction of sp³-hybridized carbons (Fsp3) is 0.615. The van der Waals surface area contributed by atoms with Gasteiger partial charge >= 0.3 is 0 Å². The highest BCUT2D eigenvalue weighted by molar-refractivity contribution is 7.89. The summed E-state index contributed by atoms with van der Waals surface area (Å²) < 4.78 is 26.5. The van der Waals surface area contributed by atoms with E-state index in [-0.39, 0.29) is 11.4 Å². The fourth-order valence-corrected chi connectivity index (χ4v) is 3.88. The van der Waals surface area contributed by atoms with Crippen LogP contribution in [0.25, 0.3) is 0 Å². The maximum absolute atomic E-state index is 12.1. The maximum Gasteiger partial charge on any atom is 0.246 e. The minimum Gasteiger partial charge on any atom is -0.389 e. The van der Waals surface area contributed by atoms with Gasteiger partial charge in [0.15, 0.2) is 0 Å². The van der Waals surface area contributed by atoms with E-state index in [1.54, 1.807) is 0 Å². The predicted octanol–water partition coefficient (Wildman–Crippen LogP) is 0.594. The van der Waals surface area contributed by atoms with Crippen molar-refractivity contribution >= 4 is 10.0 Å². The number of rotatable bonds is 4. The van der Waals surface area contributed by atoms with Gasteiger partial charge in [-0.1, -0.05) is 19.8 Å². The highest BCUT2D eigenvalue weighted by Gasteiger charge is 2.34. The summed E-state index contributed by atoms with van der Waals surface area (Å²) in [6, 6.07) is 1.16. The first-order valence-corrected chi connectivity index (χ1v) is 8.20. The molecule has 7 heteroatoms. The van der Waals surface area contributed by atoms with Crippen LogP contribution in [-0.2, 0) is 10.0 Å². The minimum absolute atomic E-state index is 0.0615. The molecule has 0 spiro atoms. The molecule has 1 aliphatic rings. The number of H-pyrrole nitrogens is 1. The van der Waals surface area contributed by atoms with Gasteiger partial charge in [0.1, 0.15) is 4.90 Å². The Morgan fingerprint density at radius 1 is 1.55 bits per heavy atom. The normalized spacial score (nSPS) is 27.4. The van der Waals surface area contributed by atoms with Crippen LogP contribution in [0.5, 0.6) is 0 Å². The third-order valence-corrected chi connectivity index (χ3v) is 5.16. The van der Waals surface area contributed by atoms with Gasteiger partial charge in [-0.25, -0.2) is 13.1 Å². The quantitative estimate of drug-likeness (QED) is 0.758. The number of sulfonamides is 1. The molecule has 0 aromatic carbocycles. The summed E-state index contributed by atoms with van der Waals surface area (Å²) in [5, 5.41) is 10.4. The molecule has 0 amide bonds. The third-order valence-electron chi connectivity index (χ3n) is 3.74. The van der Waals surface area contributed by atoms with E-state index >= 15 is 0 Å². The van der Waals surface area contributed by atoms with Crippen molar-refractivity contribution in [3.05, 3.63) is 28.7 Å². The zero-order valence-corrected chi connectivity index (χ0v) is 12.2. The van der Waals surface area contributed by atoms with Gasteiger partial charge in [-0.05, 0) is 18.8 Å². The van der Waals surface area contributed by atoms with Crippen LogP contribution in [-0.4, -0.2) is 30.7 Å². The monoisotopic (exact) mass is 300 g/mol. The van der Waals surface area contributed by atoms with Gasteiger partial charge in [-0.15, -0.1) is 0 Å². The lowest BCUT2D eigenvalue weighted by molar-refractivity contribution is -0.00752. The Hall–Kier alpha value is -1.18. The van der Waals surface area contributed by atoms with Gasteiger partial charge in [-0.2, -0.15) is 0 Å². The molecule has 1 aromatic heterocycles. The van der Waals surface area contributed by atoms with Crippen LogP contribution in [0.4, 0.5) is 0 Å².